The quantitative estimate of drug-likeness (QED) is 0.871. The fourth-order valence-electron chi connectivity index (χ4n) is 1.65. The summed E-state index contributed by atoms with van der Waals surface area (Å²) in [5, 5.41) is 0. The number of nitrogens with two attached hydrogens (primary N) is 1. The number of rotatable bonds is 6. The van der Waals surface area contributed by atoms with Gasteiger partial charge in [-0.3, -0.25) is 0 Å². The third-order valence-corrected chi connectivity index (χ3v) is 5.83. The maximum Gasteiger partial charge on any atom is 0.161 e. The molecule has 0 aliphatic heterocycles. The summed E-state index contributed by atoms with van der Waals surface area (Å²) in [6, 6.07) is 5.30. The molecule has 0 spiro atoms. The lowest BCUT2D eigenvalue weighted by atomic mass is 10.1. The van der Waals surface area contributed by atoms with Crippen molar-refractivity contribution in [1.82, 2.24) is 0 Å². The van der Waals surface area contributed by atoms with Gasteiger partial charge >= 0.3 is 0 Å². The Kier molecular flexibility index (Phi) is 5.64. The Bertz CT molecular complexity index is 574. The summed E-state index contributed by atoms with van der Waals surface area (Å²) in [5.74, 6) is 1.04. The number of hydrogen-bond acceptors (Lipinski definition) is 5. The van der Waals surface area contributed by atoms with Crippen LogP contribution in [0.25, 0.3) is 0 Å². The van der Waals surface area contributed by atoms with Gasteiger partial charge in [-0.25, -0.2) is 8.42 Å². The zero-order valence-electron chi connectivity index (χ0n) is 13.3. The van der Waals surface area contributed by atoms with E-state index in [1.165, 1.54) is 0 Å². The van der Waals surface area contributed by atoms with Gasteiger partial charge in [-0.05, 0) is 45.4 Å². The van der Waals surface area contributed by atoms with Gasteiger partial charge in [0, 0.05) is 6.04 Å². The first-order valence-electron chi connectivity index (χ1n) is 6.87. The molecule has 0 saturated heterocycles. The maximum absolute atomic E-state index is 12.0. The lowest BCUT2D eigenvalue weighted by molar-refractivity contribution is 0.310. The summed E-state index contributed by atoms with van der Waals surface area (Å²) in [5.41, 5.74) is 6.75. The Morgan fingerprint density at radius 1 is 1.24 bits per heavy atom. The predicted octanol–water partition coefficient (Wildman–Crippen LogP) is 2.31. The molecule has 0 saturated carbocycles. The van der Waals surface area contributed by atoms with Crippen LogP contribution in [-0.4, -0.2) is 32.6 Å². The summed E-state index contributed by atoms with van der Waals surface area (Å²) < 4.78 is 34.1. The lowest BCUT2D eigenvalue weighted by Gasteiger charge is -2.19. The van der Waals surface area contributed by atoms with E-state index in [0.717, 1.165) is 5.56 Å². The van der Waals surface area contributed by atoms with E-state index in [1.54, 1.807) is 40.0 Å². The summed E-state index contributed by atoms with van der Waals surface area (Å²) in [4.78, 5) is 0. The molecule has 0 aromatic heterocycles. The van der Waals surface area contributed by atoms with E-state index in [-0.39, 0.29) is 18.4 Å². The zero-order chi connectivity index (χ0) is 16.3. The fourth-order valence-corrected chi connectivity index (χ4v) is 2.57. The first-order valence-corrected chi connectivity index (χ1v) is 8.52. The standard InChI is InChI=1S/C15H25NO4S/c1-11(16)12-6-7-13(14(10-12)19-5)20-8-9-21(17,18)15(2,3)4/h6-7,10-11H,8-9,16H2,1-5H3/t11-/m1/s1. The molecule has 1 aromatic rings. The lowest BCUT2D eigenvalue weighted by Crippen LogP contribution is -2.32. The van der Waals surface area contributed by atoms with Crippen LogP contribution in [0.3, 0.4) is 0 Å². The van der Waals surface area contributed by atoms with Gasteiger partial charge in [0.1, 0.15) is 6.61 Å². The smallest absolute Gasteiger partial charge is 0.161 e. The molecule has 0 heterocycles. The van der Waals surface area contributed by atoms with Crippen LogP contribution in [0.15, 0.2) is 18.2 Å². The van der Waals surface area contributed by atoms with Crippen LogP contribution in [0.2, 0.25) is 0 Å². The Morgan fingerprint density at radius 3 is 2.33 bits per heavy atom. The Labute approximate surface area is 127 Å². The Morgan fingerprint density at radius 2 is 1.86 bits per heavy atom. The summed E-state index contributed by atoms with van der Waals surface area (Å²) >= 11 is 0. The SMILES string of the molecule is COc1cc([C@@H](C)N)ccc1OCCS(=O)(=O)C(C)(C)C. The molecule has 0 aliphatic carbocycles. The molecule has 0 fully saturated rings. The summed E-state index contributed by atoms with van der Waals surface area (Å²) in [6.45, 7) is 7.01. The number of benzene rings is 1. The van der Waals surface area contributed by atoms with Gasteiger partial charge in [0.2, 0.25) is 0 Å². The van der Waals surface area contributed by atoms with Crippen molar-refractivity contribution in [2.45, 2.75) is 38.5 Å². The normalized spacial score (nSPS) is 13.8. The van der Waals surface area contributed by atoms with Crippen LogP contribution < -0.4 is 15.2 Å². The molecule has 0 aliphatic rings. The second kappa shape index (κ2) is 6.66. The zero-order valence-corrected chi connectivity index (χ0v) is 14.2. The minimum atomic E-state index is -3.19. The molecular formula is C15H25NO4S. The maximum atomic E-state index is 12.0. The van der Waals surface area contributed by atoms with Gasteiger partial charge in [-0.1, -0.05) is 6.07 Å². The number of sulfone groups is 1. The highest BCUT2D eigenvalue weighted by molar-refractivity contribution is 7.92. The van der Waals surface area contributed by atoms with Crippen LogP contribution in [-0.2, 0) is 9.84 Å². The minimum Gasteiger partial charge on any atom is -0.493 e. The van der Waals surface area contributed by atoms with Crippen molar-refractivity contribution < 1.29 is 17.9 Å². The first kappa shape index (κ1) is 17.8. The highest BCUT2D eigenvalue weighted by Gasteiger charge is 2.28. The van der Waals surface area contributed by atoms with Crippen LogP contribution in [0.1, 0.15) is 39.3 Å². The van der Waals surface area contributed by atoms with Crippen LogP contribution in [0.5, 0.6) is 11.5 Å². The number of hydrogen-bond donors (Lipinski definition) is 1. The summed E-state index contributed by atoms with van der Waals surface area (Å²) in [6.07, 6.45) is 0. The van der Waals surface area contributed by atoms with Crippen LogP contribution >= 0.6 is 0 Å². The van der Waals surface area contributed by atoms with E-state index in [1.807, 2.05) is 13.0 Å². The number of methoxy groups -OCH3 is 1. The van der Waals surface area contributed by atoms with E-state index < -0.39 is 14.6 Å². The number of ether oxygens (including phenoxy) is 2. The second-order valence-electron chi connectivity index (χ2n) is 5.98. The fraction of sp³-hybridized carbons (Fsp3) is 0.600. The molecule has 21 heavy (non-hydrogen) atoms. The van der Waals surface area contributed by atoms with Crippen molar-refractivity contribution in [3.63, 3.8) is 0 Å². The topological polar surface area (TPSA) is 78.6 Å². The van der Waals surface area contributed by atoms with Crippen molar-refractivity contribution in [1.29, 1.82) is 0 Å². The predicted molar refractivity (Wildman–Crippen MR) is 84.6 cm³/mol. The minimum absolute atomic E-state index is 0.0330. The van der Waals surface area contributed by atoms with E-state index in [4.69, 9.17) is 15.2 Å². The molecule has 6 heteroatoms. The van der Waals surface area contributed by atoms with Gasteiger partial charge in [0.25, 0.3) is 0 Å². The monoisotopic (exact) mass is 315 g/mol. The van der Waals surface area contributed by atoms with E-state index in [2.05, 4.69) is 0 Å². The van der Waals surface area contributed by atoms with Crippen molar-refractivity contribution in [3.05, 3.63) is 23.8 Å². The Balaban J connectivity index is 2.77. The third kappa shape index (κ3) is 4.61. The van der Waals surface area contributed by atoms with E-state index in [0.29, 0.717) is 11.5 Å². The van der Waals surface area contributed by atoms with Gasteiger partial charge in [0.05, 0.1) is 17.6 Å². The molecule has 0 amide bonds. The highest BCUT2D eigenvalue weighted by atomic mass is 32.2. The second-order valence-corrected chi connectivity index (χ2v) is 8.84. The average Bonchev–Trinajstić information content (AvgIpc) is 2.37. The first-order chi connectivity index (χ1) is 9.58. The van der Waals surface area contributed by atoms with Crippen LogP contribution in [0.4, 0.5) is 0 Å². The van der Waals surface area contributed by atoms with Gasteiger partial charge < -0.3 is 15.2 Å². The van der Waals surface area contributed by atoms with E-state index in [9.17, 15) is 8.42 Å². The molecule has 120 valence electrons. The van der Waals surface area contributed by atoms with Gasteiger partial charge in [-0.15, -0.1) is 0 Å². The largest absolute Gasteiger partial charge is 0.493 e. The third-order valence-electron chi connectivity index (χ3n) is 3.26. The van der Waals surface area contributed by atoms with Gasteiger partial charge in [-0.2, -0.15) is 0 Å². The van der Waals surface area contributed by atoms with Gasteiger partial charge in [0.15, 0.2) is 21.3 Å². The van der Waals surface area contributed by atoms with Crippen LogP contribution in [0, 0.1) is 0 Å². The highest BCUT2D eigenvalue weighted by Crippen LogP contribution is 2.30. The molecule has 1 atom stereocenters. The molecule has 5 nitrogen and oxygen atoms in total. The molecule has 2 N–H and O–H groups in total. The van der Waals surface area contributed by atoms with E-state index >= 15 is 0 Å². The average molecular weight is 315 g/mol. The molecular weight excluding hydrogens is 290 g/mol. The summed E-state index contributed by atoms with van der Waals surface area (Å²) in [7, 11) is -1.65. The molecule has 1 rings (SSSR count). The van der Waals surface area contributed by atoms with Crippen molar-refractivity contribution in [2.24, 2.45) is 5.73 Å². The molecule has 0 unspecified atom stereocenters. The molecule has 0 bridgehead atoms. The molecule has 1 aromatic carbocycles. The molecule has 0 radical (unpaired) electrons. The van der Waals surface area contributed by atoms with Crippen molar-refractivity contribution in [2.75, 3.05) is 19.5 Å². The van der Waals surface area contributed by atoms with Crippen molar-refractivity contribution >= 4 is 9.84 Å². The van der Waals surface area contributed by atoms with Crippen molar-refractivity contribution in [3.8, 4) is 11.5 Å². The Hall–Kier alpha value is -1.27.